The fraction of sp³-hybridized carbons (Fsp3) is 0.500. The van der Waals surface area contributed by atoms with Gasteiger partial charge < -0.3 is 28.1 Å². The topological polar surface area (TPSA) is 76.4 Å². The second-order valence-electron chi connectivity index (χ2n) is 9.74. The van der Waals surface area contributed by atoms with Crippen LogP contribution in [0.4, 0.5) is 13.2 Å². The van der Waals surface area contributed by atoms with E-state index >= 15 is 0 Å². The Morgan fingerprint density at radius 1 is 1.05 bits per heavy atom. The summed E-state index contributed by atoms with van der Waals surface area (Å²) >= 11 is 0. The number of benzene rings is 2. The van der Waals surface area contributed by atoms with Crippen LogP contribution in [-0.4, -0.2) is 38.4 Å². The number of aryl methyl sites for hydroxylation is 1. The van der Waals surface area contributed by atoms with Crippen LogP contribution in [-0.2, 0) is 38.5 Å². The molecule has 1 atom stereocenters. The quantitative estimate of drug-likeness (QED) is 0.217. The molecule has 1 aromatic heterocycles. The Labute approximate surface area is 231 Å². The van der Waals surface area contributed by atoms with Gasteiger partial charge in [-0.25, -0.2) is 0 Å². The van der Waals surface area contributed by atoms with Crippen molar-refractivity contribution in [1.82, 2.24) is 0 Å². The van der Waals surface area contributed by atoms with Crippen molar-refractivity contribution in [2.45, 2.75) is 78.6 Å². The zero-order valence-electron chi connectivity index (χ0n) is 23.0. The third kappa shape index (κ3) is 8.14. The van der Waals surface area contributed by atoms with Gasteiger partial charge in [0.25, 0.3) is 0 Å². The summed E-state index contributed by atoms with van der Waals surface area (Å²) in [5, 5.41) is 0.478. The second-order valence-corrected chi connectivity index (χ2v) is 9.74. The molecule has 2 heterocycles. The molecule has 1 aliphatic rings. The van der Waals surface area contributed by atoms with Crippen molar-refractivity contribution in [3.8, 4) is 11.5 Å². The average molecular weight is 565 g/mol. The standard InChI is InChI=1S/C30H35F3O7/c1-4-35-27(34)11-9-21-8-10-26(20(3)19(21)2)38-18-23-17-25(40-30(31,32)33)16-22-15-24(39-29(22)23)12-14-37-28-7-5-6-13-36-28/h8,10,15-17,28H,4-7,9,11-14,18H2,1-3H3. The first-order chi connectivity index (χ1) is 19.1. The van der Waals surface area contributed by atoms with Gasteiger partial charge in [-0.3, -0.25) is 4.79 Å². The molecule has 218 valence electrons. The van der Waals surface area contributed by atoms with Crippen LogP contribution in [0.25, 0.3) is 11.0 Å². The number of carbonyl (C=O) groups is 1. The average Bonchev–Trinajstić information content (AvgIpc) is 3.31. The third-order valence-corrected chi connectivity index (χ3v) is 6.88. The Kier molecular flexibility index (Phi) is 9.97. The number of furan rings is 1. The third-order valence-electron chi connectivity index (χ3n) is 6.88. The van der Waals surface area contributed by atoms with Gasteiger partial charge in [0.2, 0.25) is 0 Å². The lowest BCUT2D eigenvalue weighted by Crippen LogP contribution is -2.23. The van der Waals surface area contributed by atoms with Gasteiger partial charge in [-0.1, -0.05) is 6.07 Å². The van der Waals surface area contributed by atoms with E-state index in [-0.39, 0.29) is 31.0 Å². The summed E-state index contributed by atoms with van der Waals surface area (Å²) < 4.78 is 71.7. The number of carbonyl (C=O) groups excluding carboxylic acids is 1. The summed E-state index contributed by atoms with van der Waals surface area (Å²) in [4.78, 5) is 11.7. The van der Waals surface area contributed by atoms with E-state index in [1.54, 1.807) is 19.1 Å². The molecule has 0 amide bonds. The van der Waals surface area contributed by atoms with Crippen molar-refractivity contribution in [3.05, 3.63) is 58.3 Å². The molecule has 2 aromatic carbocycles. The van der Waals surface area contributed by atoms with E-state index in [9.17, 15) is 18.0 Å². The number of ether oxygens (including phenoxy) is 5. The molecule has 0 spiro atoms. The largest absolute Gasteiger partial charge is 0.573 e. The van der Waals surface area contributed by atoms with Crippen LogP contribution in [0.15, 0.2) is 34.7 Å². The molecule has 0 radical (unpaired) electrons. The summed E-state index contributed by atoms with van der Waals surface area (Å²) in [6.07, 6.45) is -0.907. The highest BCUT2D eigenvalue weighted by molar-refractivity contribution is 5.83. The number of esters is 1. The van der Waals surface area contributed by atoms with Gasteiger partial charge in [0.1, 0.15) is 29.4 Å². The summed E-state index contributed by atoms with van der Waals surface area (Å²) in [5.74, 6) is 0.561. The first kappa shape index (κ1) is 29.7. The number of hydrogen-bond acceptors (Lipinski definition) is 7. The van der Waals surface area contributed by atoms with Gasteiger partial charge in [-0.15, -0.1) is 13.2 Å². The smallest absolute Gasteiger partial charge is 0.488 e. The van der Waals surface area contributed by atoms with Crippen LogP contribution in [0.1, 0.15) is 60.6 Å². The van der Waals surface area contributed by atoms with Gasteiger partial charge in [-0.05, 0) is 87.4 Å². The van der Waals surface area contributed by atoms with E-state index in [4.69, 9.17) is 23.4 Å². The van der Waals surface area contributed by atoms with Gasteiger partial charge in [0, 0.05) is 30.4 Å². The molecule has 3 aromatic rings. The summed E-state index contributed by atoms with van der Waals surface area (Å²) in [7, 11) is 0. The van der Waals surface area contributed by atoms with Gasteiger partial charge >= 0.3 is 12.3 Å². The minimum Gasteiger partial charge on any atom is -0.488 e. The van der Waals surface area contributed by atoms with E-state index in [1.165, 1.54) is 12.1 Å². The predicted octanol–water partition coefficient (Wildman–Crippen LogP) is 7.11. The highest BCUT2D eigenvalue weighted by Gasteiger charge is 2.31. The SMILES string of the molecule is CCOC(=O)CCc1ccc(OCc2cc(OC(F)(F)F)cc3cc(CCOC4CCCCO4)oc23)c(C)c1C. The van der Waals surface area contributed by atoms with Crippen LogP contribution in [0.5, 0.6) is 11.5 Å². The number of fused-ring (bicyclic) bond motifs is 1. The molecule has 0 N–H and O–H groups in total. The number of rotatable bonds is 12. The highest BCUT2D eigenvalue weighted by atomic mass is 19.4. The van der Waals surface area contributed by atoms with E-state index in [0.717, 1.165) is 36.0 Å². The van der Waals surface area contributed by atoms with Crippen molar-refractivity contribution in [1.29, 1.82) is 0 Å². The molecule has 0 bridgehead atoms. The molecule has 1 unspecified atom stereocenters. The van der Waals surface area contributed by atoms with E-state index in [0.29, 0.717) is 60.7 Å². The van der Waals surface area contributed by atoms with Crippen molar-refractivity contribution >= 4 is 16.9 Å². The van der Waals surface area contributed by atoms with Gasteiger partial charge in [0.05, 0.1) is 13.2 Å². The van der Waals surface area contributed by atoms with Crippen LogP contribution in [0, 0.1) is 13.8 Å². The summed E-state index contributed by atoms with van der Waals surface area (Å²) in [6, 6.07) is 7.97. The molecule has 40 heavy (non-hydrogen) atoms. The lowest BCUT2D eigenvalue weighted by molar-refractivity contribution is -0.274. The number of halogens is 3. The molecule has 1 aliphatic heterocycles. The van der Waals surface area contributed by atoms with E-state index < -0.39 is 6.36 Å². The normalized spacial score (nSPS) is 15.8. The second kappa shape index (κ2) is 13.4. The maximum atomic E-state index is 13.0. The van der Waals surface area contributed by atoms with Crippen molar-refractivity contribution in [3.63, 3.8) is 0 Å². The van der Waals surface area contributed by atoms with Crippen molar-refractivity contribution in [2.24, 2.45) is 0 Å². The zero-order chi connectivity index (χ0) is 28.7. The lowest BCUT2D eigenvalue weighted by atomic mass is 9.99. The number of hydrogen-bond donors (Lipinski definition) is 0. The van der Waals surface area contributed by atoms with Gasteiger partial charge in [-0.2, -0.15) is 0 Å². The van der Waals surface area contributed by atoms with Crippen molar-refractivity contribution < 1.29 is 46.1 Å². The minimum atomic E-state index is -4.83. The van der Waals surface area contributed by atoms with Crippen LogP contribution in [0.2, 0.25) is 0 Å². The first-order valence-electron chi connectivity index (χ1n) is 13.5. The summed E-state index contributed by atoms with van der Waals surface area (Å²) in [6.45, 7) is 6.96. The van der Waals surface area contributed by atoms with Crippen LogP contribution in [0.3, 0.4) is 0 Å². The molecule has 4 rings (SSSR count). The highest BCUT2D eigenvalue weighted by Crippen LogP contribution is 2.33. The molecule has 0 aliphatic carbocycles. The minimum absolute atomic E-state index is 0.0343. The van der Waals surface area contributed by atoms with Crippen LogP contribution >= 0.6 is 0 Å². The first-order valence-corrected chi connectivity index (χ1v) is 13.5. The molecule has 1 saturated heterocycles. The Balaban J connectivity index is 1.49. The lowest BCUT2D eigenvalue weighted by Gasteiger charge is -2.22. The molecule has 1 fully saturated rings. The maximum absolute atomic E-state index is 13.0. The Bertz CT molecular complexity index is 1290. The monoisotopic (exact) mass is 564 g/mol. The van der Waals surface area contributed by atoms with Crippen LogP contribution < -0.4 is 9.47 Å². The van der Waals surface area contributed by atoms with E-state index in [2.05, 4.69) is 4.74 Å². The van der Waals surface area contributed by atoms with Crippen molar-refractivity contribution in [2.75, 3.05) is 19.8 Å². The van der Waals surface area contributed by atoms with Gasteiger partial charge in [0.15, 0.2) is 6.29 Å². The Morgan fingerprint density at radius 3 is 2.60 bits per heavy atom. The molecular formula is C30H35F3O7. The predicted molar refractivity (Wildman–Crippen MR) is 141 cm³/mol. The molecular weight excluding hydrogens is 529 g/mol. The molecule has 0 saturated carbocycles. The fourth-order valence-corrected chi connectivity index (χ4v) is 4.71. The summed E-state index contributed by atoms with van der Waals surface area (Å²) in [5.41, 5.74) is 3.70. The number of alkyl halides is 3. The fourth-order valence-electron chi connectivity index (χ4n) is 4.71. The zero-order valence-corrected chi connectivity index (χ0v) is 23.0. The maximum Gasteiger partial charge on any atom is 0.573 e. The Morgan fingerprint density at radius 2 is 1.88 bits per heavy atom. The van der Waals surface area contributed by atoms with E-state index in [1.807, 2.05) is 19.9 Å². The molecule has 10 heteroatoms. The Hall–Kier alpha value is -3.24. The molecule has 7 nitrogen and oxygen atoms in total.